The van der Waals surface area contributed by atoms with Gasteiger partial charge in [0.2, 0.25) is 0 Å². The van der Waals surface area contributed by atoms with Gasteiger partial charge in [-0.15, -0.1) is 0 Å². The van der Waals surface area contributed by atoms with Gasteiger partial charge in [0.15, 0.2) is 0 Å². The fourth-order valence-electron chi connectivity index (χ4n) is 3.12. The lowest BCUT2D eigenvalue weighted by Gasteiger charge is -2.33. The lowest BCUT2D eigenvalue weighted by Crippen LogP contribution is -2.37. The highest BCUT2D eigenvalue weighted by Gasteiger charge is 2.26. The molecule has 0 saturated carbocycles. The molecule has 0 unspecified atom stereocenters. The molecule has 106 valence electrons. The summed E-state index contributed by atoms with van der Waals surface area (Å²) in [6.07, 6.45) is 7.96. The molecule has 2 aliphatic heterocycles. The molecule has 2 N–H and O–H groups in total. The molecule has 0 aliphatic carbocycles. The van der Waals surface area contributed by atoms with Crippen molar-refractivity contribution < 1.29 is 4.74 Å². The molecule has 0 atom stereocenters. The van der Waals surface area contributed by atoms with Crippen molar-refractivity contribution in [2.75, 3.05) is 39.4 Å². The molecule has 2 aliphatic rings. The minimum atomic E-state index is 0.479. The maximum Gasteiger partial charge on any atom is 0.0471 e. The van der Waals surface area contributed by atoms with Crippen LogP contribution in [0.3, 0.4) is 0 Å². The molecule has 2 fully saturated rings. The molecular weight excluding hydrogens is 224 g/mol. The van der Waals surface area contributed by atoms with Crippen LogP contribution in [-0.4, -0.2) is 39.4 Å². The van der Waals surface area contributed by atoms with Gasteiger partial charge in [-0.05, 0) is 69.5 Å². The van der Waals surface area contributed by atoms with Crippen LogP contribution in [0, 0.1) is 11.3 Å². The molecule has 0 aromatic rings. The summed E-state index contributed by atoms with van der Waals surface area (Å²) in [5.74, 6) is 0.978. The van der Waals surface area contributed by atoms with E-state index in [1.807, 2.05) is 0 Å². The minimum absolute atomic E-state index is 0.479. The Hall–Kier alpha value is -0.120. The summed E-state index contributed by atoms with van der Waals surface area (Å²) < 4.78 is 5.44. The third kappa shape index (κ3) is 4.87. The third-order valence-corrected chi connectivity index (χ3v) is 4.68. The van der Waals surface area contributed by atoms with Crippen molar-refractivity contribution in [1.29, 1.82) is 0 Å². The lowest BCUT2D eigenvalue weighted by molar-refractivity contribution is 0.0241. The number of ether oxygens (including phenoxy) is 1. The fourth-order valence-corrected chi connectivity index (χ4v) is 3.12. The molecule has 0 spiro atoms. The quantitative estimate of drug-likeness (QED) is 0.713. The van der Waals surface area contributed by atoms with Crippen molar-refractivity contribution >= 4 is 0 Å². The SMILES string of the molecule is CC1(CNCCCC2CCNCC2)CCOCC1. The summed E-state index contributed by atoms with van der Waals surface area (Å²) in [5.41, 5.74) is 0.479. The second-order valence-electron chi connectivity index (χ2n) is 6.44. The normalized spacial score (nSPS) is 25.2. The highest BCUT2D eigenvalue weighted by atomic mass is 16.5. The molecule has 0 amide bonds. The van der Waals surface area contributed by atoms with Crippen LogP contribution in [0.4, 0.5) is 0 Å². The number of piperidine rings is 1. The van der Waals surface area contributed by atoms with E-state index in [4.69, 9.17) is 4.74 Å². The highest BCUT2D eigenvalue weighted by Crippen LogP contribution is 2.28. The minimum Gasteiger partial charge on any atom is -0.381 e. The van der Waals surface area contributed by atoms with Gasteiger partial charge >= 0.3 is 0 Å². The maximum absolute atomic E-state index is 5.44. The molecule has 0 bridgehead atoms. The van der Waals surface area contributed by atoms with E-state index in [-0.39, 0.29) is 0 Å². The average molecular weight is 254 g/mol. The monoisotopic (exact) mass is 254 g/mol. The smallest absolute Gasteiger partial charge is 0.0471 e. The van der Waals surface area contributed by atoms with Gasteiger partial charge in [0, 0.05) is 19.8 Å². The third-order valence-electron chi connectivity index (χ3n) is 4.68. The van der Waals surface area contributed by atoms with Gasteiger partial charge in [-0.3, -0.25) is 0 Å². The molecule has 3 heteroatoms. The Morgan fingerprint density at radius 3 is 2.67 bits per heavy atom. The Morgan fingerprint density at radius 2 is 1.94 bits per heavy atom. The van der Waals surface area contributed by atoms with Crippen molar-refractivity contribution in [3.8, 4) is 0 Å². The molecule has 2 rings (SSSR count). The van der Waals surface area contributed by atoms with Gasteiger partial charge < -0.3 is 15.4 Å². The zero-order valence-electron chi connectivity index (χ0n) is 12.0. The summed E-state index contributed by atoms with van der Waals surface area (Å²) in [6, 6.07) is 0. The average Bonchev–Trinajstić information content (AvgIpc) is 2.40. The van der Waals surface area contributed by atoms with Crippen LogP contribution in [0.1, 0.15) is 45.4 Å². The summed E-state index contributed by atoms with van der Waals surface area (Å²) in [7, 11) is 0. The molecular formula is C15H30N2O. The van der Waals surface area contributed by atoms with E-state index in [1.165, 1.54) is 64.7 Å². The van der Waals surface area contributed by atoms with E-state index in [9.17, 15) is 0 Å². The van der Waals surface area contributed by atoms with Crippen molar-refractivity contribution in [2.24, 2.45) is 11.3 Å². The summed E-state index contributed by atoms with van der Waals surface area (Å²) in [4.78, 5) is 0. The Kier molecular flexibility index (Phi) is 5.93. The Bertz CT molecular complexity index is 221. The first-order chi connectivity index (χ1) is 8.79. The van der Waals surface area contributed by atoms with Crippen molar-refractivity contribution in [3.05, 3.63) is 0 Å². The van der Waals surface area contributed by atoms with Gasteiger partial charge in [-0.25, -0.2) is 0 Å². The van der Waals surface area contributed by atoms with Gasteiger partial charge in [0.1, 0.15) is 0 Å². The van der Waals surface area contributed by atoms with Crippen LogP contribution in [0.15, 0.2) is 0 Å². The van der Waals surface area contributed by atoms with Crippen LogP contribution in [-0.2, 0) is 4.74 Å². The molecule has 0 radical (unpaired) electrons. The Balaban J connectivity index is 1.50. The number of hydrogen-bond donors (Lipinski definition) is 2. The first-order valence-electron chi connectivity index (χ1n) is 7.78. The zero-order chi connectivity index (χ0) is 12.7. The predicted octanol–water partition coefficient (Wildman–Crippen LogP) is 2.17. The second-order valence-corrected chi connectivity index (χ2v) is 6.44. The Morgan fingerprint density at radius 1 is 1.22 bits per heavy atom. The largest absolute Gasteiger partial charge is 0.381 e. The van der Waals surface area contributed by atoms with Crippen molar-refractivity contribution in [2.45, 2.75) is 45.4 Å². The van der Waals surface area contributed by atoms with Crippen molar-refractivity contribution in [1.82, 2.24) is 10.6 Å². The maximum atomic E-state index is 5.44. The standard InChI is InChI=1S/C15H30N2O/c1-15(6-11-18-12-7-15)13-17-8-2-3-14-4-9-16-10-5-14/h14,16-17H,2-13H2,1H3. The van der Waals surface area contributed by atoms with E-state index < -0.39 is 0 Å². The number of nitrogens with one attached hydrogen (secondary N) is 2. The zero-order valence-corrected chi connectivity index (χ0v) is 12.0. The van der Waals surface area contributed by atoms with E-state index in [0.717, 1.165) is 19.1 Å². The number of hydrogen-bond acceptors (Lipinski definition) is 3. The molecule has 0 aromatic heterocycles. The summed E-state index contributed by atoms with van der Waals surface area (Å²) in [6.45, 7) is 9.13. The van der Waals surface area contributed by atoms with Crippen LogP contribution in [0.2, 0.25) is 0 Å². The Labute approximate surface area is 112 Å². The molecule has 2 saturated heterocycles. The van der Waals surface area contributed by atoms with E-state index in [0.29, 0.717) is 5.41 Å². The van der Waals surface area contributed by atoms with Crippen LogP contribution >= 0.6 is 0 Å². The van der Waals surface area contributed by atoms with E-state index in [1.54, 1.807) is 0 Å². The molecule has 3 nitrogen and oxygen atoms in total. The van der Waals surface area contributed by atoms with Gasteiger partial charge in [-0.1, -0.05) is 6.92 Å². The van der Waals surface area contributed by atoms with Gasteiger partial charge in [0.05, 0.1) is 0 Å². The van der Waals surface area contributed by atoms with Crippen LogP contribution in [0.5, 0.6) is 0 Å². The second kappa shape index (κ2) is 7.46. The summed E-state index contributed by atoms with van der Waals surface area (Å²) >= 11 is 0. The lowest BCUT2D eigenvalue weighted by atomic mass is 9.82. The fraction of sp³-hybridized carbons (Fsp3) is 1.00. The van der Waals surface area contributed by atoms with Crippen LogP contribution < -0.4 is 10.6 Å². The molecule has 0 aromatic carbocycles. The molecule has 18 heavy (non-hydrogen) atoms. The highest BCUT2D eigenvalue weighted by molar-refractivity contribution is 4.79. The van der Waals surface area contributed by atoms with Crippen LogP contribution in [0.25, 0.3) is 0 Å². The summed E-state index contributed by atoms with van der Waals surface area (Å²) in [5, 5.41) is 7.10. The predicted molar refractivity (Wildman–Crippen MR) is 75.9 cm³/mol. The van der Waals surface area contributed by atoms with Crippen molar-refractivity contribution in [3.63, 3.8) is 0 Å². The van der Waals surface area contributed by atoms with Gasteiger partial charge in [0.25, 0.3) is 0 Å². The molecule has 2 heterocycles. The van der Waals surface area contributed by atoms with Gasteiger partial charge in [-0.2, -0.15) is 0 Å². The first kappa shape index (κ1) is 14.3. The van der Waals surface area contributed by atoms with E-state index >= 15 is 0 Å². The van der Waals surface area contributed by atoms with E-state index in [2.05, 4.69) is 17.6 Å². The number of rotatable bonds is 6. The first-order valence-corrected chi connectivity index (χ1v) is 7.78. The topological polar surface area (TPSA) is 33.3 Å².